The van der Waals surface area contributed by atoms with Crippen molar-refractivity contribution in [1.82, 2.24) is 0 Å². The minimum Gasteiger partial charge on any atom is -0.374 e. The summed E-state index contributed by atoms with van der Waals surface area (Å²) in [5.41, 5.74) is 0. The van der Waals surface area contributed by atoms with E-state index in [-0.39, 0.29) is 18.3 Å². The normalized spacial score (nSPS) is 39.0. The molecule has 3 atom stereocenters. The molecule has 2 heterocycles. The number of hydrogen-bond acceptors (Lipinski definition) is 5. The molecule has 88 valence electrons. The fourth-order valence-corrected chi connectivity index (χ4v) is 3.48. The highest BCUT2D eigenvalue weighted by Crippen LogP contribution is 2.36. The molecule has 2 fully saturated rings. The smallest absolute Gasteiger partial charge is 0.163 e. The van der Waals surface area contributed by atoms with E-state index in [1.165, 1.54) is 0 Å². The van der Waals surface area contributed by atoms with E-state index in [9.17, 15) is 0 Å². The molecule has 0 aromatic heterocycles. The lowest BCUT2D eigenvalue weighted by Crippen LogP contribution is -2.44. The molecular formula is C10H18O3S2. The zero-order valence-electron chi connectivity index (χ0n) is 9.39. The van der Waals surface area contributed by atoms with Crippen molar-refractivity contribution < 1.29 is 14.2 Å². The first-order valence-electron chi connectivity index (χ1n) is 5.25. The van der Waals surface area contributed by atoms with E-state index in [0.29, 0.717) is 0 Å². The molecule has 2 unspecified atom stereocenters. The molecule has 15 heavy (non-hydrogen) atoms. The average Bonchev–Trinajstić information content (AvgIpc) is 2.49. The van der Waals surface area contributed by atoms with Crippen molar-refractivity contribution in [3.8, 4) is 0 Å². The number of rotatable bonds is 3. The van der Waals surface area contributed by atoms with Gasteiger partial charge in [0.05, 0.1) is 12.2 Å². The van der Waals surface area contributed by atoms with Crippen molar-refractivity contribution in [1.29, 1.82) is 0 Å². The summed E-state index contributed by atoms with van der Waals surface area (Å²) in [6.07, 6.45) is 3.56. The first kappa shape index (κ1) is 12.0. The van der Waals surface area contributed by atoms with Gasteiger partial charge in [-0.3, -0.25) is 0 Å². The van der Waals surface area contributed by atoms with Gasteiger partial charge in [0.1, 0.15) is 6.10 Å². The molecule has 0 aliphatic carbocycles. The Balaban J connectivity index is 1.96. The SMILES string of the molecule is CSSC[C@H]1OCCC2OC(C)(C)OC21. The third kappa shape index (κ3) is 2.82. The van der Waals surface area contributed by atoms with E-state index in [1.54, 1.807) is 10.8 Å². The van der Waals surface area contributed by atoms with Gasteiger partial charge in [-0.25, -0.2) is 0 Å². The summed E-state index contributed by atoms with van der Waals surface area (Å²) in [6, 6.07) is 0. The van der Waals surface area contributed by atoms with E-state index < -0.39 is 5.79 Å². The van der Waals surface area contributed by atoms with Gasteiger partial charge in [0.2, 0.25) is 0 Å². The lowest BCUT2D eigenvalue weighted by Gasteiger charge is -2.30. The molecule has 0 aromatic carbocycles. The summed E-state index contributed by atoms with van der Waals surface area (Å²) < 4.78 is 17.5. The molecule has 0 saturated carbocycles. The Labute approximate surface area is 99.0 Å². The van der Waals surface area contributed by atoms with Gasteiger partial charge in [-0.1, -0.05) is 21.6 Å². The van der Waals surface area contributed by atoms with Gasteiger partial charge in [0.25, 0.3) is 0 Å². The zero-order chi connectivity index (χ0) is 10.9. The lowest BCUT2D eigenvalue weighted by molar-refractivity contribution is -0.151. The Morgan fingerprint density at radius 2 is 2.13 bits per heavy atom. The van der Waals surface area contributed by atoms with Gasteiger partial charge in [0.15, 0.2) is 5.79 Å². The predicted octanol–water partition coefficient (Wildman–Crippen LogP) is 2.31. The minimum atomic E-state index is -0.439. The summed E-state index contributed by atoms with van der Waals surface area (Å²) in [6.45, 7) is 4.74. The van der Waals surface area contributed by atoms with Crippen molar-refractivity contribution in [3.05, 3.63) is 0 Å². The fraction of sp³-hybridized carbons (Fsp3) is 1.00. The lowest BCUT2D eigenvalue weighted by atomic mass is 10.0. The van der Waals surface area contributed by atoms with Gasteiger partial charge in [0, 0.05) is 12.4 Å². The summed E-state index contributed by atoms with van der Waals surface area (Å²) in [4.78, 5) is 0. The maximum atomic E-state index is 5.89. The molecule has 2 rings (SSSR count). The van der Waals surface area contributed by atoms with E-state index in [2.05, 4.69) is 6.26 Å². The van der Waals surface area contributed by atoms with Crippen molar-refractivity contribution in [3.63, 3.8) is 0 Å². The van der Waals surface area contributed by atoms with E-state index in [1.807, 2.05) is 24.6 Å². The van der Waals surface area contributed by atoms with Crippen molar-refractivity contribution >= 4 is 21.6 Å². The van der Waals surface area contributed by atoms with Crippen LogP contribution in [-0.2, 0) is 14.2 Å². The van der Waals surface area contributed by atoms with Crippen LogP contribution in [0.1, 0.15) is 20.3 Å². The molecule has 0 amide bonds. The van der Waals surface area contributed by atoms with Crippen LogP contribution in [-0.4, -0.2) is 42.7 Å². The van der Waals surface area contributed by atoms with E-state index in [4.69, 9.17) is 14.2 Å². The second kappa shape index (κ2) is 4.84. The highest BCUT2D eigenvalue weighted by molar-refractivity contribution is 8.76. The molecule has 0 aromatic rings. The summed E-state index contributed by atoms with van der Waals surface area (Å²) in [5.74, 6) is 0.535. The summed E-state index contributed by atoms with van der Waals surface area (Å²) in [5, 5.41) is 0. The van der Waals surface area contributed by atoms with Crippen LogP contribution in [0.25, 0.3) is 0 Å². The molecule has 3 nitrogen and oxygen atoms in total. The third-order valence-corrected chi connectivity index (χ3v) is 4.49. The van der Waals surface area contributed by atoms with Crippen molar-refractivity contribution in [2.24, 2.45) is 0 Å². The number of ether oxygens (including phenoxy) is 3. The van der Waals surface area contributed by atoms with Gasteiger partial charge in [-0.05, 0) is 26.5 Å². The maximum absolute atomic E-state index is 5.89. The molecule has 5 heteroatoms. The topological polar surface area (TPSA) is 27.7 Å². The Hall–Kier alpha value is 0.580. The van der Waals surface area contributed by atoms with Crippen LogP contribution in [0.3, 0.4) is 0 Å². The zero-order valence-corrected chi connectivity index (χ0v) is 11.0. The fourth-order valence-electron chi connectivity index (χ4n) is 2.11. The summed E-state index contributed by atoms with van der Waals surface area (Å²) >= 11 is 0. The second-order valence-electron chi connectivity index (χ2n) is 4.29. The van der Waals surface area contributed by atoms with Gasteiger partial charge < -0.3 is 14.2 Å². The molecule has 0 spiro atoms. The Morgan fingerprint density at radius 1 is 1.33 bits per heavy atom. The van der Waals surface area contributed by atoms with Crippen LogP contribution in [0, 0.1) is 0 Å². The molecule has 0 radical (unpaired) electrons. The van der Waals surface area contributed by atoms with Crippen LogP contribution in [0.15, 0.2) is 0 Å². The van der Waals surface area contributed by atoms with E-state index in [0.717, 1.165) is 18.8 Å². The maximum Gasteiger partial charge on any atom is 0.163 e. The Bertz CT molecular complexity index is 223. The highest BCUT2D eigenvalue weighted by atomic mass is 33.1. The van der Waals surface area contributed by atoms with Crippen molar-refractivity contribution in [2.45, 2.75) is 44.4 Å². The monoisotopic (exact) mass is 250 g/mol. The van der Waals surface area contributed by atoms with Crippen LogP contribution in [0.2, 0.25) is 0 Å². The van der Waals surface area contributed by atoms with Crippen LogP contribution < -0.4 is 0 Å². The largest absolute Gasteiger partial charge is 0.374 e. The molecule has 2 saturated heterocycles. The van der Waals surface area contributed by atoms with Crippen molar-refractivity contribution in [2.75, 3.05) is 18.6 Å². The standard InChI is InChI=1S/C10H18O3S2/c1-10(2)12-7-4-5-11-8(6-15-14-3)9(7)13-10/h7-9H,4-6H2,1-3H3/t7?,8-,9?/m1/s1. The van der Waals surface area contributed by atoms with Crippen LogP contribution >= 0.6 is 21.6 Å². The third-order valence-electron chi connectivity index (χ3n) is 2.67. The van der Waals surface area contributed by atoms with Crippen LogP contribution in [0.4, 0.5) is 0 Å². The second-order valence-corrected chi connectivity index (χ2v) is 6.90. The first-order chi connectivity index (χ1) is 7.12. The minimum absolute atomic E-state index is 0.119. The molecule has 0 N–H and O–H groups in total. The number of hydrogen-bond donors (Lipinski definition) is 0. The Kier molecular flexibility index (Phi) is 3.88. The Morgan fingerprint density at radius 3 is 2.87 bits per heavy atom. The van der Waals surface area contributed by atoms with Gasteiger partial charge >= 0.3 is 0 Å². The summed E-state index contributed by atoms with van der Waals surface area (Å²) in [7, 11) is 3.59. The number of fused-ring (bicyclic) bond motifs is 1. The predicted molar refractivity (Wildman–Crippen MR) is 64.2 cm³/mol. The molecule has 2 aliphatic rings. The van der Waals surface area contributed by atoms with E-state index >= 15 is 0 Å². The first-order valence-corrected chi connectivity index (χ1v) is 7.98. The van der Waals surface area contributed by atoms with Crippen LogP contribution in [0.5, 0.6) is 0 Å². The average molecular weight is 250 g/mol. The quantitative estimate of drug-likeness (QED) is 0.717. The molecule has 0 bridgehead atoms. The van der Waals surface area contributed by atoms with Gasteiger partial charge in [-0.15, -0.1) is 0 Å². The van der Waals surface area contributed by atoms with Gasteiger partial charge in [-0.2, -0.15) is 0 Å². The molecule has 2 aliphatic heterocycles. The molecular weight excluding hydrogens is 232 g/mol. The highest BCUT2D eigenvalue weighted by Gasteiger charge is 2.47.